The van der Waals surface area contributed by atoms with Crippen LogP contribution in [0.3, 0.4) is 0 Å². The summed E-state index contributed by atoms with van der Waals surface area (Å²) in [5, 5.41) is 25.2. The molecule has 0 saturated heterocycles. The van der Waals surface area contributed by atoms with Gasteiger partial charge in [0, 0.05) is 23.7 Å². The third kappa shape index (κ3) is 5.42. The topological polar surface area (TPSA) is 90.8 Å². The first-order valence-corrected chi connectivity index (χ1v) is 12.0. The molecule has 2 unspecified atom stereocenters. The first-order chi connectivity index (χ1) is 16.9. The molecule has 0 amide bonds. The van der Waals surface area contributed by atoms with Gasteiger partial charge in [0.15, 0.2) is 0 Å². The summed E-state index contributed by atoms with van der Waals surface area (Å²) >= 11 is 6.61. The van der Waals surface area contributed by atoms with Crippen molar-refractivity contribution in [3.8, 4) is 16.9 Å². The van der Waals surface area contributed by atoms with E-state index < -0.39 is 18.6 Å². The van der Waals surface area contributed by atoms with E-state index in [0.717, 1.165) is 29.5 Å². The molecular weight excluding hydrogens is 471 g/mol. The molecule has 0 bridgehead atoms. The first kappa shape index (κ1) is 25.0. The highest BCUT2D eigenvalue weighted by Crippen LogP contribution is 2.42. The highest BCUT2D eigenvalue weighted by atomic mass is 35.5. The van der Waals surface area contributed by atoms with Gasteiger partial charge in [0.1, 0.15) is 17.6 Å². The molecule has 3 aromatic carbocycles. The lowest BCUT2D eigenvalue weighted by atomic mass is 9.96. The van der Waals surface area contributed by atoms with E-state index in [0.29, 0.717) is 34.2 Å². The van der Waals surface area contributed by atoms with Crippen molar-refractivity contribution in [2.45, 2.75) is 38.4 Å². The quantitative estimate of drug-likeness (QED) is 0.308. The van der Waals surface area contributed by atoms with E-state index in [1.165, 1.54) is 6.07 Å². The minimum absolute atomic E-state index is 0.00143. The molecule has 0 saturated carbocycles. The van der Waals surface area contributed by atoms with E-state index in [-0.39, 0.29) is 18.4 Å². The van der Waals surface area contributed by atoms with Crippen molar-refractivity contribution in [2.24, 2.45) is 0 Å². The van der Waals surface area contributed by atoms with Gasteiger partial charge < -0.3 is 20.3 Å². The maximum atomic E-state index is 14.5. The summed E-state index contributed by atoms with van der Waals surface area (Å²) in [6.07, 6.45) is 1.65. The monoisotopic (exact) mass is 498 g/mol. The van der Waals surface area contributed by atoms with E-state index in [2.05, 4.69) is 16.7 Å². The van der Waals surface area contributed by atoms with Gasteiger partial charge in [-0.25, -0.2) is 4.39 Å². The molecule has 184 valence electrons. The number of aliphatic carboxylic acids is 1. The summed E-state index contributed by atoms with van der Waals surface area (Å²) in [7, 11) is 0. The van der Waals surface area contributed by atoms with Crippen molar-refractivity contribution in [3.05, 3.63) is 82.1 Å². The summed E-state index contributed by atoms with van der Waals surface area (Å²) < 4.78 is 20.3. The summed E-state index contributed by atoms with van der Waals surface area (Å²) in [6.45, 7) is 1.94. The van der Waals surface area contributed by atoms with Crippen molar-refractivity contribution in [2.75, 3.05) is 18.5 Å². The maximum absolute atomic E-state index is 14.5. The number of hydrogen-bond acceptors (Lipinski definition) is 5. The van der Waals surface area contributed by atoms with Gasteiger partial charge in [0.25, 0.3) is 0 Å². The Balaban J connectivity index is 1.59. The highest BCUT2D eigenvalue weighted by molar-refractivity contribution is 6.33. The number of benzene rings is 3. The Hall–Kier alpha value is -3.13. The van der Waals surface area contributed by atoms with E-state index in [9.17, 15) is 14.3 Å². The lowest BCUT2D eigenvalue weighted by Crippen LogP contribution is -2.39. The van der Waals surface area contributed by atoms with Crippen molar-refractivity contribution in [1.29, 1.82) is 0 Å². The number of anilines is 1. The second-order valence-corrected chi connectivity index (χ2v) is 8.82. The van der Waals surface area contributed by atoms with Crippen LogP contribution in [0.5, 0.6) is 5.75 Å². The second kappa shape index (κ2) is 11.1. The maximum Gasteiger partial charge on any atom is 0.323 e. The van der Waals surface area contributed by atoms with Gasteiger partial charge in [-0.2, -0.15) is 0 Å². The van der Waals surface area contributed by atoms with E-state index in [1.54, 1.807) is 18.2 Å². The van der Waals surface area contributed by atoms with Crippen LogP contribution in [0, 0.1) is 5.82 Å². The fraction of sp³-hybridized carbons (Fsp3) is 0.296. The van der Waals surface area contributed by atoms with Gasteiger partial charge in [-0.05, 0) is 48.6 Å². The summed E-state index contributed by atoms with van der Waals surface area (Å²) in [6, 6.07) is 15.2. The van der Waals surface area contributed by atoms with Crippen LogP contribution < -0.4 is 15.4 Å². The van der Waals surface area contributed by atoms with Gasteiger partial charge >= 0.3 is 5.97 Å². The molecule has 1 aliphatic rings. The zero-order valence-corrected chi connectivity index (χ0v) is 20.1. The number of nitrogens with one attached hydrogen (secondary N) is 2. The normalized spacial score (nSPS) is 15.5. The Morgan fingerprint density at radius 3 is 2.69 bits per heavy atom. The van der Waals surface area contributed by atoms with Gasteiger partial charge in [-0.3, -0.25) is 10.1 Å². The number of fused-ring (bicyclic) bond motifs is 1. The number of aliphatic hydroxyl groups excluding tert-OH is 1. The highest BCUT2D eigenvalue weighted by Gasteiger charge is 2.26. The van der Waals surface area contributed by atoms with Gasteiger partial charge in [-0.1, -0.05) is 48.0 Å². The van der Waals surface area contributed by atoms with Gasteiger partial charge in [0.05, 0.1) is 30.0 Å². The molecule has 4 rings (SSSR count). The molecule has 35 heavy (non-hydrogen) atoms. The average Bonchev–Trinajstić information content (AvgIpc) is 3.25. The van der Waals surface area contributed by atoms with Crippen molar-refractivity contribution in [1.82, 2.24) is 5.32 Å². The van der Waals surface area contributed by atoms with Crippen LogP contribution in [0.4, 0.5) is 10.1 Å². The van der Waals surface area contributed by atoms with Crippen LogP contribution in [-0.2, 0) is 17.8 Å². The van der Waals surface area contributed by atoms with Crippen molar-refractivity contribution in [3.63, 3.8) is 0 Å². The predicted octanol–water partition coefficient (Wildman–Crippen LogP) is 5.18. The molecule has 0 spiro atoms. The molecule has 8 heteroatoms. The predicted molar refractivity (Wildman–Crippen MR) is 134 cm³/mol. The summed E-state index contributed by atoms with van der Waals surface area (Å²) in [5.74, 6) is -0.797. The van der Waals surface area contributed by atoms with Crippen LogP contribution in [0.1, 0.15) is 36.1 Å². The number of hydrogen-bond donors (Lipinski definition) is 4. The van der Waals surface area contributed by atoms with Crippen molar-refractivity contribution >= 4 is 23.3 Å². The molecular formula is C27H28ClFN2O4. The van der Waals surface area contributed by atoms with Crippen molar-refractivity contribution < 1.29 is 24.1 Å². The summed E-state index contributed by atoms with van der Waals surface area (Å²) in [5.41, 5.74) is 5.13. The van der Waals surface area contributed by atoms with Gasteiger partial charge in [-0.15, -0.1) is 0 Å². The number of ether oxygens (including phenoxy) is 1. The number of rotatable bonds is 10. The molecule has 0 fully saturated rings. The van der Waals surface area contributed by atoms with Crippen LogP contribution in [0.2, 0.25) is 5.02 Å². The number of aliphatic hydroxyl groups is 1. The molecule has 2 atom stereocenters. The van der Waals surface area contributed by atoms with Crippen LogP contribution in [-0.4, -0.2) is 35.4 Å². The zero-order valence-electron chi connectivity index (χ0n) is 19.4. The standard InChI is InChI=1S/C27H28ClFN2O4/c1-2-35-26-13-24(21(28)12-16(26)14-30-25(15-32)27(33)34)31-23-11-10-18-17(7-5-8-20(18)23)19-6-3-4-9-22(19)29/h3-9,12-13,23,25,30-32H,2,10-11,14-15H2,1H3,(H,33,34). The van der Waals surface area contributed by atoms with E-state index in [4.69, 9.17) is 21.4 Å². The Labute approximate surface area is 208 Å². The van der Waals surface area contributed by atoms with E-state index >= 15 is 0 Å². The molecule has 0 aliphatic heterocycles. The van der Waals surface area contributed by atoms with Crippen LogP contribution in [0.15, 0.2) is 54.6 Å². The average molecular weight is 499 g/mol. The Bertz CT molecular complexity index is 1220. The Morgan fingerprint density at radius 2 is 1.97 bits per heavy atom. The lowest BCUT2D eigenvalue weighted by Gasteiger charge is -2.20. The molecule has 3 aromatic rings. The third-order valence-electron chi connectivity index (χ3n) is 6.23. The Kier molecular flexibility index (Phi) is 7.90. The molecule has 6 nitrogen and oxygen atoms in total. The molecule has 4 N–H and O–H groups in total. The number of carbonyl (C=O) groups is 1. The first-order valence-electron chi connectivity index (χ1n) is 11.6. The lowest BCUT2D eigenvalue weighted by molar-refractivity contribution is -0.140. The smallest absolute Gasteiger partial charge is 0.323 e. The summed E-state index contributed by atoms with van der Waals surface area (Å²) in [4.78, 5) is 11.2. The minimum Gasteiger partial charge on any atom is -0.493 e. The van der Waals surface area contributed by atoms with Gasteiger partial charge in [0.2, 0.25) is 0 Å². The van der Waals surface area contributed by atoms with Crippen LogP contribution >= 0.6 is 11.6 Å². The number of carboxylic acids is 1. The molecule has 1 aliphatic carbocycles. The fourth-order valence-electron chi connectivity index (χ4n) is 4.52. The molecule has 0 aromatic heterocycles. The largest absolute Gasteiger partial charge is 0.493 e. The minimum atomic E-state index is -1.13. The zero-order chi connectivity index (χ0) is 24.9. The number of carboxylic acid groups (broad SMARTS) is 1. The molecule has 0 heterocycles. The Morgan fingerprint density at radius 1 is 1.20 bits per heavy atom. The second-order valence-electron chi connectivity index (χ2n) is 8.42. The SMILES string of the molecule is CCOc1cc(NC2CCc3c(-c4ccccc4F)cccc32)c(Cl)cc1CNC(CO)C(=O)O. The third-order valence-corrected chi connectivity index (χ3v) is 6.55. The van der Waals surface area contributed by atoms with Crippen LogP contribution in [0.25, 0.3) is 11.1 Å². The fourth-order valence-corrected chi connectivity index (χ4v) is 4.76. The van der Waals surface area contributed by atoms with E-state index in [1.807, 2.05) is 31.2 Å². The number of halogens is 2. The molecule has 0 radical (unpaired) electrons.